The molecule has 0 aliphatic heterocycles. The van der Waals surface area contributed by atoms with Crippen LogP contribution in [0.25, 0.3) is 11.1 Å². The molecule has 50 heavy (non-hydrogen) atoms. The molecule has 0 spiro atoms. The molecule has 0 aromatic heterocycles. The number of carboxylic acid groups (broad SMARTS) is 1. The largest absolute Gasteiger partial charge is 0.493 e. The van der Waals surface area contributed by atoms with E-state index in [9.17, 15) is 14.7 Å². The number of hydrogen-bond donors (Lipinski definition) is 2. The summed E-state index contributed by atoms with van der Waals surface area (Å²) in [6, 6.07) is 41.3. The van der Waals surface area contributed by atoms with Gasteiger partial charge in [0.25, 0.3) is 0 Å². The Morgan fingerprint density at radius 2 is 1.42 bits per heavy atom. The molecule has 255 valence electrons. The summed E-state index contributed by atoms with van der Waals surface area (Å²) in [7, 11) is -1.07. The van der Waals surface area contributed by atoms with Crippen LogP contribution in [-0.4, -0.2) is 45.2 Å². The van der Waals surface area contributed by atoms with Crippen LogP contribution in [0, 0.1) is 3.57 Å². The third-order valence-electron chi connectivity index (χ3n) is 9.20. The van der Waals surface area contributed by atoms with Crippen molar-refractivity contribution in [3.05, 3.63) is 147 Å². The molecule has 1 aliphatic carbocycles. The molecule has 1 atom stereocenters. The van der Waals surface area contributed by atoms with Crippen LogP contribution >= 0.6 is 22.6 Å². The second-order valence-corrected chi connectivity index (χ2v) is 17.4. The van der Waals surface area contributed by atoms with Gasteiger partial charge in [0.15, 0.2) is 0 Å². The monoisotopic (exact) mass is 794 g/mol. The van der Waals surface area contributed by atoms with Crippen LogP contribution in [-0.2, 0) is 21.4 Å². The number of nitrogens with one attached hydrogen (secondary N) is 1. The summed E-state index contributed by atoms with van der Waals surface area (Å²) in [6.45, 7) is 7.37. The molecule has 6 rings (SSSR count). The number of fused-ring (bicyclic) bond motifs is 3. The van der Waals surface area contributed by atoms with E-state index in [2.05, 4.69) is 109 Å². The number of amides is 1. The van der Waals surface area contributed by atoms with Crippen LogP contribution in [0.5, 0.6) is 5.75 Å². The molecule has 8 heteroatoms. The van der Waals surface area contributed by atoms with Crippen molar-refractivity contribution in [3.63, 3.8) is 0 Å². The topological polar surface area (TPSA) is 84.9 Å². The smallest absolute Gasteiger partial charge is 0.407 e. The van der Waals surface area contributed by atoms with Crippen molar-refractivity contribution < 1.29 is 24.2 Å². The molecule has 0 saturated heterocycles. The van der Waals surface area contributed by atoms with E-state index in [1.807, 2.05) is 60.7 Å². The minimum absolute atomic E-state index is 0.101. The van der Waals surface area contributed by atoms with Crippen LogP contribution < -0.4 is 20.4 Å². The molecular weight excluding hydrogens is 753 g/mol. The predicted molar refractivity (Wildman–Crippen MR) is 209 cm³/mol. The van der Waals surface area contributed by atoms with Crippen molar-refractivity contribution in [3.8, 4) is 16.9 Å². The highest BCUT2D eigenvalue weighted by atomic mass is 127. The predicted octanol–water partition coefficient (Wildman–Crippen LogP) is 7.81. The summed E-state index contributed by atoms with van der Waals surface area (Å²) >= 11 is 2.23. The van der Waals surface area contributed by atoms with Gasteiger partial charge in [-0.3, -0.25) is 0 Å². The van der Waals surface area contributed by atoms with E-state index < -0.39 is 26.9 Å². The van der Waals surface area contributed by atoms with Crippen LogP contribution in [0.4, 0.5) is 4.79 Å². The first-order valence-electron chi connectivity index (χ1n) is 16.9. The Kier molecular flexibility index (Phi) is 11.1. The zero-order valence-corrected chi connectivity index (χ0v) is 31.6. The van der Waals surface area contributed by atoms with Crippen molar-refractivity contribution in [2.24, 2.45) is 0 Å². The van der Waals surface area contributed by atoms with Crippen molar-refractivity contribution in [1.29, 1.82) is 0 Å². The Morgan fingerprint density at radius 1 is 0.820 bits per heavy atom. The highest BCUT2D eigenvalue weighted by molar-refractivity contribution is 14.1. The molecule has 0 heterocycles. The molecule has 0 unspecified atom stereocenters. The number of ether oxygens (including phenoxy) is 2. The summed E-state index contributed by atoms with van der Waals surface area (Å²) < 4.78 is 12.8. The van der Waals surface area contributed by atoms with Gasteiger partial charge in [0.2, 0.25) is 0 Å². The first-order valence-corrected chi connectivity index (χ1v) is 19.6. The maximum atomic E-state index is 12.9. The number of carboxylic acids is 1. The molecule has 5 aromatic rings. The number of halogens is 1. The molecule has 6 nitrogen and oxygen atoms in total. The highest BCUT2D eigenvalue weighted by Crippen LogP contribution is 2.44. The second-order valence-electron chi connectivity index (χ2n) is 13.6. The lowest BCUT2D eigenvalue weighted by molar-refractivity contribution is -0.139. The molecule has 1 amide bonds. The molecule has 1 aliphatic rings. The first kappa shape index (κ1) is 35.4. The molecule has 1 radical (unpaired) electrons. The average molecular weight is 795 g/mol. The van der Waals surface area contributed by atoms with Gasteiger partial charge < -0.3 is 19.9 Å². The minimum Gasteiger partial charge on any atom is -0.493 e. The van der Waals surface area contributed by atoms with Gasteiger partial charge in [-0.1, -0.05) is 140 Å². The molecule has 5 aromatic carbocycles. The molecule has 0 saturated carbocycles. The second kappa shape index (κ2) is 15.6. The summed E-state index contributed by atoms with van der Waals surface area (Å²) in [5.74, 6) is -0.479. The number of carbonyl (C=O) groups excluding carboxylic acids is 1. The molecular formula is C42H41INO5Si. The Hall–Kier alpha value is -4.41. The lowest BCUT2D eigenvalue weighted by atomic mass is 9.87. The number of carbonyl (C=O) groups is 2. The minimum atomic E-state index is -1.14. The van der Waals surface area contributed by atoms with Gasteiger partial charge in [-0.05, 0) is 79.6 Å². The van der Waals surface area contributed by atoms with Crippen molar-refractivity contribution in [1.82, 2.24) is 5.32 Å². The maximum absolute atomic E-state index is 12.9. The first-order chi connectivity index (χ1) is 24.1. The number of aliphatic carboxylic acids is 1. The number of rotatable bonds is 12. The van der Waals surface area contributed by atoms with Gasteiger partial charge in [0.1, 0.15) is 27.2 Å². The average Bonchev–Trinajstić information content (AvgIpc) is 3.43. The van der Waals surface area contributed by atoms with Gasteiger partial charge in [-0.15, -0.1) is 0 Å². The zero-order valence-electron chi connectivity index (χ0n) is 28.5. The standard InChI is InChI=1S/C42H41INO5Si/c1-42(2,3)29-18-20-31(21-19-29)50(30-11-5-4-6-12-30)24-23-48-39-22-17-28(25-37(39)43)26-38(40(45)46)44-41(47)49-27-36-34-15-9-7-13-32(34)33-14-8-10-16-35(33)36/h4-22,25,36,38H,23-24,26-27H2,1-3H3,(H,44,47)(H,45,46)/t38-/m1/s1. The molecule has 0 bridgehead atoms. The quantitative estimate of drug-likeness (QED) is 0.0995. The number of hydrogen-bond acceptors (Lipinski definition) is 4. The van der Waals surface area contributed by atoms with Crippen LogP contribution in [0.3, 0.4) is 0 Å². The summed E-state index contributed by atoms with van der Waals surface area (Å²) in [5.41, 5.74) is 6.66. The summed E-state index contributed by atoms with van der Waals surface area (Å²) in [6.07, 6.45) is -0.639. The summed E-state index contributed by atoms with van der Waals surface area (Å²) in [4.78, 5) is 25.1. The van der Waals surface area contributed by atoms with Crippen molar-refractivity contribution in [2.45, 2.75) is 50.6 Å². The van der Waals surface area contributed by atoms with E-state index in [0.29, 0.717) is 6.61 Å². The summed E-state index contributed by atoms with van der Waals surface area (Å²) in [5, 5.41) is 15.2. The Balaban J connectivity index is 1.06. The molecule has 2 N–H and O–H groups in total. The van der Waals surface area contributed by atoms with Crippen molar-refractivity contribution in [2.75, 3.05) is 13.2 Å². The fraction of sp³-hybridized carbons (Fsp3) is 0.238. The van der Waals surface area contributed by atoms with Gasteiger partial charge in [0.05, 0.1) is 10.2 Å². The van der Waals surface area contributed by atoms with Crippen LogP contribution in [0.15, 0.2) is 121 Å². The normalized spacial score (nSPS) is 13.0. The number of alkyl carbamates (subject to hydrolysis) is 1. The Labute approximate surface area is 309 Å². The van der Waals surface area contributed by atoms with Gasteiger partial charge >= 0.3 is 12.1 Å². The van der Waals surface area contributed by atoms with E-state index in [1.54, 1.807) is 0 Å². The maximum Gasteiger partial charge on any atom is 0.407 e. The fourth-order valence-electron chi connectivity index (χ4n) is 6.54. The third kappa shape index (κ3) is 8.30. The van der Waals surface area contributed by atoms with Crippen LogP contribution in [0.1, 0.15) is 48.9 Å². The van der Waals surface area contributed by atoms with Gasteiger partial charge in [0, 0.05) is 12.3 Å². The van der Waals surface area contributed by atoms with Crippen LogP contribution in [0.2, 0.25) is 6.04 Å². The Bertz CT molecular complexity index is 1910. The van der Waals surface area contributed by atoms with Crippen molar-refractivity contribution >= 4 is 53.8 Å². The lowest BCUT2D eigenvalue weighted by Gasteiger charge is -2.21. The molecule has 0 fully saturated rings. The van der Waals surface area contributed by atoms with E-state index in [1.165, 1.54) is 15.9 Å². The third-order valence-corrected chi connectivity index (χ3v) is 12.8. The van der Waals surface area contributed by atoms with Gasteiger partial charge in [-0.2, -0.15) is 0 Å². The zero-order chi connectivity index (χ0) is 35.3. The Morgan fingerprint density at radius 3 is 2.02 bits per heavy atom. The van der Waals surface area contributed by atoms with E-state index in [-0.39, 0.29) is 24.4 Å². The van der Waals surface area contributed by atoms with E-state index in [4.69, 9.17) is 9.47 Å². The van der Waals surface area contributed by atoms with E-state index in [0.717, 1.165) is 43.2 Å². The number of benzene rings is 5. The highest BCUT2D eigenvalue weighted by Gasteiger charge is 2.30. The SMILES string of the molecule is CC(C)(C)c1ccc([Si](CCOc2ccc(C[C@@H](NC(=O)OCC3c4ccccc4-c4ccccc43)C(=O)O)cc2I)c2ccccc2)cc1. The van der Waals surface area contributed by atoms with Gasteiger partial charge in [-0.25, -0.2) is 9.59 Å². The lowest BCUT2D eigenvalue weighted by Crippen LogP contribution is -2.43. The van der Waals surface area contributed by atoms with E-state index >= 15 is 0 Å². The fourth-order valence-corrected chi connectivity index (χ4v) is 9.65.